The first-order valence-electron chi connectivity index (χ1n) is 9.68. The van der Waals surface area contributed by atoms with E-state index in [0.29, 0.717) is 17.9 Å². The van der Waals surface area contributed by atoms with E-state index in [-0.39, 0.29) is 29.1 Å². The number of nitrogens with zero attached hydrogens (tertiary/aromatic N) is 5. The summed E-state index contributed by atoms with van der Waals surface area (Å²) in [5, 5.41) is 19.7. The van der Waals surface area contributed by atoms with E-state index in [2.05, 4.69) is 10.3 Å². The number of aromatic nitrogens is 2. The number of anilines is 3. The summed E-state index contributed by atoms with van der Waals surface area (Å²) in [5.74, 6) is -0.355. The lowest BCUT2D eigenvalue weighted by molar-refractivity contribution is -0.382. The van der Waals surface area contributed by atoms with Gasteiger partial charge < -0.3 is 14.5 Å². The number of hydrogen-bond donors (Lipinski definition) is 0. The van der Waals surface area contributed by atoms with Crippen LogP contribution in [0.4, 0.5) is 22.7 Å². The second kappa shape index (κ2) is 8.36. The topological polar surface area (TPSA) is 115 Å². The Morgan fingerprint density at radius 3 is 2.60 bits per heavy atom. The lowest BCUT2D eigenvalue weighted by atomic mass is 10.1. The Balaban J connectivity index is 1.89. The molecule has 0 unspecified atom stereocenters. The molecule has 4 rings (SSSR count). The van der Waals surface area contributed by atoms with Gasteiger partial charge in [0.05, 0.1) is 24.1 Å². The normalized spacial score (nSPS) is 13.6. The van der Waals surface area contributed by atoms with Crippen LogP contribution < -0.4 is 9.80 Å². The van der Waals surface area contributed by atoms with Gasteiger partial charge in [0.2, 0.25) is 5.52 Å². The van der Waals surface area contributed by atoms with Gasteiger partial charge in [-0.2, -0.15) is 0 Å². The minimum absolute atomic E-state index is 0.0957. The summed E-state index contributed by atoms with van der Waals surface area (Å²) in [7, 11) is 1.34. The van der Waals surface area contributed by atoms with Gasteiger partial charge in [-0.25, -0.2) is 4.63 Å². The predicted octanol–water partition coefficient (Wildman–Crippen LogP) is 3.43. The Bertz CT molecular complexity index is 1060. The quantitative estimate of drug-likeness (QED) is 0.327. The van der Waals surface area contributed by atoms with Gasteiger partial charge in [0, 0.05) is 25.3 Å². The molecular formula is C20H21N5O5. The maximum Gasteiger partial charge on any atom is 0.323 e. The fourth-order valence-corrected chi connectivity index (χ4v) is 3.79. The molecule has 0 atom stereocenters. The zero-order chi connectivity index (χ0) is 21.1. The smallest absolute Gasteiger partial charge is 0.323 e. The van der Waals surface area contributed by atoms with Crippen molar-refractivity contribution < 1.29 is 19.1 Å². The number of ether oxygens (including phenoxy) is 1. The molecule has 1 fully saturated rings. The Labute approximate surface area is 172 Å². The van der Waals surface area contributed by atoms with Crippen LogP contribution >= 0.6 is 0 Å². The Morgan fingerprint density at radius 1 is 1.23 bits per heavy atom. The molecule has 0 bridgehead atoms. The zero-order valence-electron chi connectivity index (χ0n) is 16.5. The number of hydrogen-bond acceptors (Lipinski definition) is 9. The molecular weight excluding hydrogens is 390 g/mol. The van der Waals surface area contributed by atoms with Crippen LogP contribution in [-0.4, -0.2) is 48.0 Å². The number of methoxy groups -OCH3 is 1. The molecule has 0 N–H and O–H groups in total. The van der Waals surface area contributed by atoms with Crippen LogP contribution in [-0.2, 0) is 9.53 Å². The molecule has 1 saturated heterocycles. The van der Waals surface area contributed by atoms with Crippen LogP contribution in [0.1, 0.15) is 19.3 Å². The van der Waals surface area contributed by atoms with Crippen molar-refractivity contribution in [2.75, 3.05) is 36.5 Å². The fraction of sp³-hybridized carbons (Fsp3) is 0.350. The molecule has 0 spiro atoms. The molecule has 10 nitrogen and oxygen atoms in total. The molecule has 2 heterocycles. The molecule has 0 saturated carbocycles. The van der Waals surface area contributed by atoms with E-state index >= 15 is 0 Å². The van der Waals surface area contributed by atoms with Crippen LogP contribution in [0.2, 0.25) is 0 Å². The molecule has 3 aromatic rings. The van der Waals surface area contributed by atoms with E-state index in [1.54, 1.807) is 6.07 Å². The van der Waals surface area contributed by atoms with Crippen molar-refractivity contribution in [2.45, 2.75) is 19.3 Å². The monoisotopic (exact) mass is 411 g/mol. The van der Waals surface area contributed by atoms with Crippen LogP contribution in [0.3, 0.4) is 0 Å². The third kappa shape index (κ3) is 3.63. The molecule has 1 aromatic heterocycles. The molecule has 0 radical (unpaired) electrons. The van der Waals surface area contributed by atoms with Crippen LogP contribution in [0.5, 0.6) is 0 Å². The summed E-state index contributed by atoms with van der Waals surface area (Å²) in [6, 6.07) is 11.2. The Hall–Kier alpha value is -3.69. The minimum atomic E-state index is -0.439. The molecule has 30 heavy (non-hydrogen) atoms. The maximum atomic E-state index is 11.9. The molecule has 10 heteroatoms. The highest BCUT2D eigenvalue weighted by molar-refractivity contribution is 6.01. The number of esters is 1. The summed E-state index contributed by atoms with van der Waals surface area (Å²) in [6.07, 6.45) is 2.06. The van der Waals surface area contributed by atoms with E-state index in [1.165, 1.54) is 7.11 Å². The van der Waals surface area contributed by atoms with E-state index in [0.717, 1.165) is 31.6 Å². The van der Waals surface area contributed by atoms with Crippen molar-refractivity contribution in [3.8, 4) is 0 Å². The standard InChI is InChI=1S/C20H21N5O5/c1-29-17(26)9-12-24(14-7-3-2-4-8-14)15-13-16(23-10-5-6-11-23)20(25(27)28)19-18(15)21-30-22-19/h2-4,7-8,13H,5-6,9-12H2,1H3. The predicted molar refractivity (Wildman–Crippen MR) is 110 cm³/mol. The highest BCUT2D eigenvalue weighted by atomic mass is 16.6. The summed E-state index contributed by atoms with van der Waals surface area (Å²) in [5.41, 5.74) is 2.14. The van der Waals surface area contributed by atoms with Gasteiger partial charge in [-0.1, -0.05) is 18.2 Å². The number of para-hydroxylation sites is 1. The van der Waals surface area contributed by atoms with Gasteiger partial charge in [-0.05, 0) is 41.4 Å². The maximum absolute atomic E-state index is 11.9. The number of benzene rings is 2. The van der Waals surface area contributed by atoms with Crippen molar-refractivity contribution in [3.63, 3.8) is 0 Å². The third-order valence-corrected chi connectivity index (χ3v) is 5.23. The summed E-state index contributed by atoms with van der Waals surface area (Å²) >= 11 is 0. The van der Waals surface area contributed by atoms with E-state index in [4.69, 9.17) is 9.37 Å². The number of nitro benzene ring substituents is 1. The molecule has 2 aromatic carbocycles. The summed E-state index contributed by atoms with van der Waals surface area (Å²) in [4.78, 5) is 27.1. The Morgan fingerprint density at radius 2 is 1.93 bits per heavy atom. The van der Waals surface area contributed by atoms with Crippen LogP contribution in [0.25, 0.3) is 11.0 Å². The van der Waals surface area contributed by atoms with Crippen LogP contribution in [0.15, 0.2) is 41.0 Å². The molecule has 156 valence electrons. The van der Waals surface area contributed by atoms with Crippen molar-refractivity contribution in [1.29, 1.82) is 0 Å². The average Bonchev–Trinajstić information content (AvgIpc) is 3.46. The SMILES string of the molecule is COC(=O)CCN(c1ccccc1)c1cc(N2CCCC2)c([N+](=O)[O-])c2nonc12. The largest absolute Gasteiger partial charge is 0.469 e. The lowest BCUT2D eigenvalue weighted by Crippen LogP contribution is -2.24. The number of carbonyl (C=O) groups is 1. The van der Waals surface area contributed by atoms with Crippen molar-refractivity contribution in [3.05, 3.63) is 46.5 Å². The second-order valence-electron chi connectivity index (χ2n) is 6.99. The van der Waals surface area contributed by atoms with Gasteiger partial charge in [0.1, 0.15) is 5.69 Å². The fourth-order valence-electron chi connectivity index (χ4n) is 3.79. The number of rotatable bonds is 7. The van der Waals surface area contributed by atoms with Gasteiger partial charge >= 0.3 is 11.7 Å². The first-order chi connectivity index (χ1) is 14.6. The first kappa shape index (κ1) is 19.6. The highest BCUT2D eigenvalue weighted by Gasteiger charge is 2.31. The summed E-state index contributed by atoms with van der Waals surface area (Å²) < 4.78 is 9.70. The third-order valence-electron chi connectivity index (χ3n) is 5.23. The second-order valence-corrected chi connectivity index (χ2v) is 6.99. The van der Waals surface area contributed by atoms with Crippen LogP contribution in [0, 0.1) is 10.1 Å². The first-order valence-corrected chi connectivity index (χ1v) is 9.68. The van der Waals surface area contributed by atoms with Crippen molar-refractivity contribution in [2.24, 2.45) is 0 Å². The van der Waals surface area contributed by atoms with Crippen molar-refractivity contribution >= 4 is 39.8 Å². The Kier molecular flexibility index (Phi) is 5.46. The highest BCUT2D eigenvalue weighted by Crippen LogP contribution is 2.43. The number of carbonyl (C=O) groups excluding carboxylic acids is 1. The molecule has 1 aliphatic heterocycles. The van der Waals surface area contributed by atoms with Crippen molar-refractivity contribution in [1.82, 2.24) is 10.3 Å². The van der Waals surface area contributed by atoms with Gasteiger partial charge in [-0.15, -0.1) is 0 Å². The average molecular weight is 411 g/mol. The number of fused-ring (bicyclic) bond motifs is 1. The lowest BCUT2D eigenvalue weighted by Gasteiger charge is -2.26. The molecule has 0 aliphatic carbocycles. The summed E-state index contributed by atoms with van der Waals surface area (Å²) in [6.45, 7) is 1.75. The number of nitro groups is 1. The van der Waals surface area contributed by atoms with Gasteiger partial charge in [-0.3, -0.25) is 14.9 Å². The molecule has 0 amide bonds. The van der Waals surface area contributed by atoms with E-state index in [9.17, 15) is 14.9 Å². The van der Waals surface area contributed by atoms with Gasteiger partial charge in [0.15, 0.2) is 5.52 Å². The van der Waals surface area contributed by atoms with E-state index in [1.807, 2.05) is 40.1 Å². The van der Waals surface area contributed by atoms with E-state index < -0.39 is 4.92 Å². The molecule has 1 aliphatic rings. The zero-order valence-corrected chi connectivity index (χ0v) is 16.5. The minimum Gasteiger partial charge on any atom is -0.469 e. The van der Waals surface area contributed by atoms with Gasteiger partial charge in [0.25, 0.3) is 0 Å².